The highest BCUT2D eigenvalue weighted by Gasteiger charge is 2.18. The molecule has 0 heterocycles. The van der Waals surface area contributed by atoms with E-state index in [1.54, 1.807) is 0 Å². The summed E-state index contributed by atoms with van der Waals surface area (Å²) in [5, 5.41) is 22.9. The number of benzene rings is 1. The third-order valence-electron chi connectivity index (χ3n) is 2.95. The molecule has 0 spiro atoms. The van der Waals surface area contributed by atoms with Crippen molar-refractivity contribution in [3.05, 3.63) is 46.0 Å². The molecule has 1 unspecified atom stereocenters. The van der Waals surface area contributed by atoms with Crippen LogP contribution in [0, 0.1) is 21.4 Å². The minimum absolute atomic E-state index is 0.0172. The molecule has 1 aromatic rings. The van der Waals surface area contributed by atoms with Crippen LogP contribution in [0.2, 0.25) is 0 Å². The monoisotopic (exact) mass is 243 g/mol. The SMILES string of the molecule is N#Cc1ccc([N+](=O)[O-])c(NC2CC=CCC2)c1. The molecule has 0 saturated heterocycles. The molecule has 0 saturated carbocycles. The Morgan fingerprint density at radius 2 is 2.28 bits per heavy atom. The molecule has 0 aliphatic heterocycles. The van der Waals surface area contributed by atoms with Gasteiger partial charge in [-0.25, -0.2) is 0 Å². The highest BCUT2D eigenvalue weighted by atomic mass is 16.6. The van der Waals surface area contributed by atoms with Crippen molar-refractivity contribution in [3.63, 3.8) is 0 Å². The standard InChI is InChI=1S/C13H13N3O2/c14-9-10-6-7-13(16(17)18)12(8-10)15-11-4-2-1-3-5-11/h1-2,6-8,11,15H,3-5H2. The molecule has 18 heavy (non-hydrogen) atoms. The van der Waals surface area contributed by atoms with Crippen molar-refractivity contribution in [2.75, 3.05) is 5.32 Å². The second-order valence-corrected chi connectivity index (χ2v) is 4.23. The second kappa shape index (κ2) is 5.32. The lowest BCUT2D eigenvalue weighted by atomic mass is 10.0. The molecule has 0 bridgehead atoms. The van der Waals surface area contributed by atoms with Gasteiger partial charge in [0, 0.05) is 12.1 Å². The van der Waals surface area contributed by atoms with E-state index in [0.717, 1.165) is 19.3 Å². The van der Waals surface area contributed by atoms with Crippen LogP contribution in [0.1, 0.15) is 24.8 Å². The number of nitrogens with zero attached hydrogens (tertiary/aromatic N) is 2. The predicted molar refractivity (Wildman–Crippen MR) is 68.2 cm³/mol. The highest BCUT2D eigenvalue weighted by Crippen LogP contribution is 2.27. The van der Waals surface area contributed by atoms with Crippen molar-refractivity contribution in [2.45, 2.75) is 25.3 Å². The number of rotatable bonds is 3. The lowest BCUT2D eigenvalue weighted by Gasteiger charge is -2.20. The van der Waals surface area contributed by atoms with Gasteiger partial charge in [0.1, 0.15) is 5.69 Å². The van der Waals surface area contributed by atoms with Crippen molar-refractivity contribution in [1.82, 2.24) is 0 Å². The molecule has 92 valence electrons. The van der Waals surface area contributed by atoms with Gasteiger partial charge in [0.05, 0.1) is 16.6 Å². The van der Waals surface area contributed by atoms with E-state index >= 15 is 0 Å². The number of hydrogen-bond acceptors (Lipinski definition) is 4. The Hall–Kier alpha value is -2.35. The van der Waals surface area contributed by atoms with Crippen LogP contribution in [0.4, 0.5) is 11.4 Å². The number of allylic oxidation sites excluding steroid dienone is 1. The zero-order valence-electron chi connectivity index (χ0n) is 9.80. The van der Waals surface area contributed by atoms with Crippen LogP contribution in [0.3, 0.4) is 0 Å². The minimum Gasteiger partial charge on any atom is -0.376 e. The molecule has 5 nitrogen and oxygen atoms in total. The van der Waals surface area contributed by atoms with Gasteiger partial charge in [-0.05, 0) is 31.4 Å². The Bertz CT molecular complexity index is 532. The molecule has 1 atom stereocenters. The lowest BCUT2D eigenvalue weighted by Crippen LogP contribution is -2.20. The molecule has 0 radical (unpaired) electrons. The zero-order valence-corrected chi connectivity index (χ0v) is 9.80. The summed E-state index contributed by atoms with van der Waals surface area (Å²) in [5.74, 6) is 0. The van der Waals surface area contributed by atoms with E-state index in [2.05, 4.69) is 17.5 Å². The summed E-state index contributed by atoms with van der Waals surface area (Å²) in [6.07, 6.45) is 6.96. The van der Waals surface area contributed by atoms with Gasteiger partial charge >= 0.3 is 0 Å². The van der Waals surface area contributed by atoms with E-state index in [1.807, 2.05) is 6.07 Å². The topological polar surface area (TPSA) is 79.0 Å². The summed E-state index contributed by atoms with van der Waals surface area (Å²) < 4.78 is 0. The molecule has 0 fully saturated rings. The Kier molecular flexibility index (Phi) is 3.58. The van der Waals surface area contributed by atoms with Gasteiger partial charge < -0.3 is 5.32 Å². The number of hydrogen-bond donors (Lipinski definition) is 1. The molecule has 0 aromatic heterocycles. The van der Waals surface area contributed by atoms with Crippen molar-refractivity contribution in [3.8, 4) is 6.07 Å². The Morgan fingerprint density at radius 3 is 2.89 bits per heavy atom. The average Bonchev–Trinajstić information content (AvgIpc) is 2.39. The fraction of sp³-hybridized carbons (Fsp3) is 0.308. The van der Waals surface area contributed by atoms with Crippen LogP contribution < -0.4 is 5.32 Å². The second-order valence-electron chi connectivity index (χ2n) is 4.23. The lowest BCUT2D eigenvalue weighted by molar-refractivity contribution is -0.384. The van der Waals surface area contributed by atoms with Crippen molar-refractivity contribution >= 4 is 11.4 Å². The van der Waals surface area contributed by atoms with Crippen LogP contribution in [0.25, 0.3) is 0 Å². The van der Waals surface area contributed by atoms with E-state index in [4.69, 9.17) is 5.26 Å². The summed E-state index contributed by atoms with van der Waals surface area (Å²) in [6, 6.07) is 6.57. The van der Waals surface area contributed by atoms with E-state index in [1.165, 1.54) is 18.2 Å². The van der Waals surface area contributed by atoms with Gasteiger partial charge in [-0.15, -0.1) is 0 Å². The van der Waals surface area contributed by atoms with E-state index in [-0.39, 0.29) is 11.7 Å². The van der Waals surface area contributed by atoms with Gasteiger partial charge in [0.15, 0.2) is 0 Å². The largest absolute Gasteiger partial charge is 0.376 e. The molecule has 5 heteroatoms. The van der Waals surface area contributed by atoms with Gasteiger partial charge in [-0.2, -0.15) is 5.26 Å². The first-order valence-corrected chi connectivity index (χ1v) is 5.81. The molecule has 1 aliphatic rings. The van der Waals surface area contributed by atoms with E-state index in [0.29, 0.717) is 11.3 Å². The molecular formula is C13H13N3O2. The Labute approximate surface area is 105 Å². The van der Waals surface area contributed by atoms with Crippen LogP contribution in [-0.2, 0) is 0 Å². The maximum absolute atomic E-state index is 10.9. The number of anilines is 1. The number of nitro groups is 1. The maximum atomic E-state index is 10.9. The highest BCUT2D eigenvalue weighted by molar-refractivity contribution is 5.64. The fourth-order valence-electron chi connectivity index (χ4n) is 2.03. The molecule has 2 rings (SSSR count). The van der Waals surface area contributed by atoms with Crippen LogP contribution >= 0.6 is 0 Å². The van der Waals surface area contributed by atoms with Crippen LogP contribution in [0.5, 0.6) is 0 Å². The van der Waals surface area contributed by atoms with Gasteiger partial charge in [0.2, 0.25) is 0 Å². The third kappa shape index (κ3) is 2.66. The summed E-state index contributed by atoms with van der Waals surface area (Å²) in [6.45, 7) is 0. The third-order valence-corrected chi connectivity index (χ3v) is 2.95. The fourth-order valence-corrected chi connectivity index (χ4v) is 2.03. The van der Waals surface area contributed by atoms with Crippen LogP contribution in [-0.4, -0.2) is 11.0 Å². The Balaban J connectivity index is 2.26. The smallest absolute Gasteiger partial charge is 0.292 e. The van der Waals surface area contributed by atoms with Crippen LogP contribution in [0.15, 0.2) is 30.4 Å². The first kappa shape index (κ1) is 12.1. The molecule has 0 amide bonds. The Morgan fingerprint density at radius 1 is 1.44 bits per heavy atom. The molecule has 1 aliphatic carbocycles. The quantitative estimate of drug-likeness (QED) is 0.502. The van der Waals surface area contributed by atoms with Crippen molar-refractivity contribution in [1.29, 1.82) is 5.26 Å². The average molecular weight is 243 g/mol. The summed E-state index contributed by atoms with van der Waals surface area (Å²) >= 11 is 0. The number of nitrogens with one attached hydrogen (secondary N) is 1. The summed E-state index contributed by atoms with van der Waals surface area (Å²) in [5.41, 5.74) is 0.873. The molecule has 1 N–H and O–H groups in total. The minimum atomic E-state index is -0.428. The van der Waals surface area contributed by atoms with Crippen molar-refractivity contribution < 1.29 is 4.92 Å². The molecular weight excluding hydrogens is 230 g/mol. The van der Waals surface area contributed by atoms with Crippen molar-refractivity contribution in [2.24, 2.45) is 0 Å². The molecule has 1 aromatic carbocycles. The first-order valence-electron chi connectivity index (χ1n) is 5.81. The zero-order chi connectivity index (χ0) is 13.0. The van der Waals surface area contributed by atoms with Gasteiger partial charge in [-0.3, -0.25) is 10.1 Å². The summed E-state index contributed by atoms with van der Waals surface area (Å²) in [4.78, 5) is 10.5. The van der Waals surface area contributed by atoms with Gasteiger partial charge in [0.25, 0.3) is 5.69 Å². The number of nitro benzene ring substituents is 1. The summed E-state index contributed by atoms with van der Waals surface area (Å²) in [7, 11) is 0. The maximum Gasteiger partial charge on any atom is 0.292 e. The first-order chi connectivity index (χ1) is 8.70. The van der Waals surface area contributed by atoms with E-state index < -0.39 is 4.92 Å². The normalized spacial score (nSPS) is 18.1. The predicted octanol–water partition coefficient (Wildman–Crippen LogP) is 2.99. The number of nitriles is 1. The van der Waals surface area contributed by atoms with E-state index in [9.17, 15) is 10.1 Å². The van der Waals surface area contributed by atoms with Gasteiger partial charge in [-0.1, -0.05) is 12.2 Å².